The highest BCUT2D eigenvalue weighted by molar-refractivity contribution is 6.53. The number of nitrogens with one attached hydrogen (secondary N) is 1. The van der Waals surface area contributed by atoms with Gasteiger partial charge in [0.25, 0.3) is 11.6 Å². The first-order chi connectivity index (χ1) is 11.0. The monoisotopic (exact) mass is 404 g/mol. The van der Waals surface area contributed by atoms with Crippen molar-refractivity contribution < 1.29 is 43.3 Å². The minimum atomic E-state index is -4.80. The van der Waals surface area contributed by atoms with Crippen LogP contribution in [0.2, 0.25) is 0 Å². The Bertz CT molecular complexity index is 578. The molecule has 2 N–H and O–H groups in total. The van der Waals surface area contributed by atoms with Crippen LogP contribution in [-0.4, -0.2) is 33.4 Å². The molecule has 0 fully saturated rings. The molecule has 0 aliphatic heterocycles. The van der Waals surface area contributed by atoms with Crippen LogP contribution in [0.25, 0.3) is 0 Å². The van der Waals surface area contributed by atoms with Gasteiger partial charge in [0.2, 0.25) is 6.61 Å². The molecule has 13 heteroatoms. The quantitative estimate of drug-likeness (QED) is 0.279. The molecule has 0 spiro atoms. The Hall–Kier alpha value is -1.24. The van der Waals surface area contributed by atoms with Crippen LogP contribution in [0, 0.1) is 20.4 Å². The SMILES string of the molecule is O=C(N[C@H](CO[Cl+3]([O-])([O-])[O-])[C@H](O)c1ccc([N+](=O)[O-])cc1)C(Cl)Cl. The third-order valence-corrected chi connectivity index (χ3v) is 3.52. The number of amides is 1. The number of halogens is 3. The van der Waals surface area contributed by atoms with Gasteiger partial charge < -0.3 is 10.4 Å². The van der Waals surface area contributed by atoms with Crippen LogP contribution in [-0.2, 0) is 9.08 Å². The van der Waals surface area contributed by atoms with Gasteiger partial charge in [0.15, 0.2) is 4.84 Å². The number of carbonyl (C=O) groups is 1. The van der Waals surface area contributed by atoms with E-state index in [1.807, 2.05) is 0 Å². The molecule has 0 saturated carbocycles. The van der Waals surface area contributed by atoms with Gasteiger partial charge in [-0.1, -0.05) is 23.2 Å². The molecule has 1 aromatic rings. The number of nitrogens with zero attached hydrogens (tertiary/aromatic N) is 1. The second kappa shape index (κ2) is 8.74. The third kappa shape index (κ3) is 6.71. The number of non-ortho nitro benzene ring substituents is 1. The second-order valence-corrected chi connectivity index (χ2v) is 6.43. The summed E-state index contributed by atoms with van der Waals surface area (Å²) < 4.78 is 35.5. The summed E-state index contributed by atoms with van der Waals surface area (Å²) in [5.41, 5.74) is -0.153. The van der Waals surface area contributed by atoms with Crippen LogP contribution in [0.15, 0.2) is 24.3 Å². The zero-order chi connectivity index (χ0) is 18.5. The van der Waals surface area contributed by atoms with E-state index < -0.39 is 44.7 Å². The first-order valence-electron chi connectivity index (χ1n) is 6.07. The molecule has 1 amide bonds. The first-order valence-corrected chi connectivity index (χ1v) is 8.18. The molecule has 0 heterocycles. The fourth-order valence-corrected chi connectivity index (χ4v) is 2.04. The number of hydrogen-bond donors (Lipinski definition) is 2. The summed E-state index contributed by atoms with van der Waals surface area (Å²) in [7, 11) is -4.80. The summed E-state index contributed by atoms with van der Waals surface area (Å²) in [5.74, 6) is -0.965. The molecule has 0 bridgehead atoms. The fourth-order valence-electron chi connectivity index (χ4n) is 1.63. The van der Waals surface area contributed by atoms with Crippen molar-refractivity contribution in [3.63, 3.8) is 0 Å². The van der Waals surface area contributed by atoms with Gasteiger partial charge in [-0.05, 0) is 17.7 Å². The summed E-state index contributed by atoms with van der Waals surface area (Å²) in [5, 5.41) is 22.9. The van der Waals surface area contributed by atoms with Gasteiger partial charge in [-0.15, -0.1) is 0 Å². The van der Waals surface area contributed by atoms with Crippen LogP contribution < -0.4 is 19.3 Å². The Morgan fingerprint density at radius 2 is 1.83 bits per heavy atom. The fraction of sp³-hybridized carbons (Fsp3) is 0.364. The molecular weight excluding hydrogens is 394 g/mol. The molecular formula is C11H11Cl3N2O8. The summed E-state index contributed by atoms with van der Waals surface area (Å²) >= 11 is 10.7. The largest absolute Gasteiger partial charge is 0.386 e. The number of rotatable bonds is 8. The molecule has 24 heavy (non-hydrogen) atoms. The summed E-state index contributed by atoms with van der Waals surface area (Å²) in [4.78, 5) is 19.9. The van der Waals surface area contributed by atoms with Gasteiger partial charge >= 0.3 is 0 Å². The van der Waals surface area contributed by atoms with Crippen molar-refractivity contribution in [1.82, 2.24) is 5.32 Å². The molecule has 2 atom stereocenters. The maximum absolute atomic E-state index is 11.5. The predicted molar refractivity (Wildman–Crippen MR) is 71.4 cm³/mol. The van der Waals surface area contributed by atoms with Crippen LogP contribution in [0.1, 0.15) is 11.7 Å². The maximum Gasteiger partial charge on any atom is 0.269 e. The summed E-state index contributed by atoms with van der Waals surface area (Å²) in [6, 6.07) is 3.14. The molecule has 0 aliphatic rings. The lowest BCUT2D eigenvalue weighted by atomic mass is 10.0. The van der Waals surface area contributed by atoms with Crippen LogP contribution in [0.4, 0.5) is 5.69 Å². The second-order valence-electron chi connectivity index (χ2n) is 4.36. The molecule has 0 radical (unpaired) electrons. The van der Waals surface area contributed by atoms with Gasteiger partial charge in [0, 0.05) is 12.1 Å². The lowest BCUT2D eigenvalue weighted by molar-refractivity contribution is -1.92. The van der Waals surface area contributed by atoms with Crippen molar-refractivity contribution in [3.05, 3.63) is 39.9 Å². The Morgan fingerprint density at radius 3 is 2.25 bits per heavy atom. The highest BCUT2D eigenvalue weighted by atomic mass is 35.7. The van der Waals surface area contributed by atoms with Crippen molar-refractivity contribution in [2.45, 2.75) is 17.0 Å². The van der Waals surface area contributed by atoms with Gasteiger partial charge in [0.05, 0.1) is 25.5 Å². The molecule has 0 saturated heterocycles. The van der Waals surface area contributed by atoms with E-state index in [1.54, 1.807) is 0 Å². The number of alkyl halides is 2. The zero-order valence-corrected chi connectivity index (χ0v) is 13.9. The van der Waals surface area contributed by atoms with E-state index in [-0.39, 0.29) is 11.3 Å². The Morgan fingerprint density at radius 1 is 1.29 bits per heavy atom. The Kier molecular flexibility index (Phi) is 7.57. The highest BCUT2D eigenvalue weighted by Crippen LogP contribution is 2.21. The van der Waals surface area contributed by atoms with E-state index in [9.17, 15) is 34.0 Å². The van der Waals surface area contributed by atoms with Crippen LogP contribution in [0.5, 0.6) is 0 Å². The van der Waals surface area contributed by atoms with Crippen LogP contribution in [0.3, 0.4) is 0 Å². The van der Waals surface area contributed by atoms with Gasteiger partial charge in [0.1, 0.15) is 6.10 Å². The minimum absolute atomic E-state index is 0.0927. The number of nitro benzene ring substituents is 1. The summed E-state index contributed by atoms with van der Waals surface area (Å²) in [6.07, 6.45) is -1.56. The average Bonchev–Trinajstić information content (AvgIpc) is 2.49. The number of nitro groups is 1. The maximum atomic E-state index is 11.5. The molecule has 0 unspecified atom stereocenters. The molecule has 134 valence electrons. The molecule has 0 aromatic heterocycles. The molecule has 10 nitrogen and oxygen atoms in total. The first kappa shape index (κ1) is 20.8. The number of aliphatic hydroxyl groups excluding tert-OH is 1. The van der Waals surface area contributed by atoms with E-state index in [1.165, 1.54) is 12.1 Å². The number of aliphatic hydroxyl groups is 1. The number of benzene rings is 1. The van der Waals surface area contributed by atoms with Crippen molar-refractivity contribution in [1.29, 1.82) is 0 Å². The normalized spacial score (nSPS) is 14.3. The van der Waals surface area contributed by atoms with Crippen LogP contribution >= 0.6 is 23.2 Å². The van der Waals surface area contributed by atoms with Crippen molar-refractivity contribution in [2.75, 3.05) is 6.61 Å². The smallest absolute Gasteiger partial charge is 0.269 e. The standard InChI is InChI=1S/C11H11Cl3N2O8/c12-10(13)11(18)15-8(5-24-14(19,20)21)9(17)6-1-3-7(4-2-6)16(22)23/h1-4,8-10,17H,5H2,(H,15,18)/t8-,9-/m1/s1. The van der Waals surface area contributed by atoms with Crippen molar-refractivity contribution >= 4 is 34.8 Å². The molecule has 0 aliphatic carbocycles. The lowest BCUT2D eigenvalue weighted by Gasteiger charge is -2.23. The minimum Gasteiger partial charge on any atom is -0.386 e. The molecule has 1 rings (SSSR count). The van der Waals surface area contributed by atoms with E-state index in [0.29, 0.717) is 0 Å². The van der Waals surface area contributed by atoms with Gasteiger partial charge in [-0.25, -0.2) is 0 Å². The Labute approximate surface area is 147 Å². The van der Waals surface area contributed by atoms with Gasteiger partial charge in [-0.2, -0.15) is 14.0 Å². The predicted octanol–water partition coefficient (Wildman–Crippen LogP) is -2.17. The van der Waals surface area contributed by atoms with Crippen molar-refractivity contribution in [2.24, 2.45) is 0 Å². The van der Waals surface area contributed by atoms with Gasteiger partial charge in [-0.3, -0.25) is 14.9 Å². The Balaban J connectivity index is 2.94. The van der Waals surface area contributed by atoms with E-state index in [0.717, 1.165) is 12.1 Å². The lowest BCUT2D eigenvalue weighted by Crippen LogP contribution is -2.62. The van der Waals surface area contributed by atoms with E-state index in [2.05, 4.69) is 9.61 Å². The zero-order valence-electron chi connectivity index (χ0n) is 11.6. The van der Waals surface area contributed by atoms with E-state index in [4.69, 9.17) is 23.2 Å². The number of hydrogen-bond acceptors (Lipinski definition) is 8. The number of carbonyl (C=O) groups excluding carboxylic acids is 1. The third-order valence-electron chi connectivity index (χ3n) is 2.73. The van der Waals surface area contributed by atoms with Crippen molar-refractivity contribution in [3.8, 4) is 0 Å². The summed E-state index contributed by atoms with van der Waals surface area (Å²) in [6.45, 7) is -0.905. The topological polar surface area (TPSA) is 171 Å². The average molecular weight is 406 g/mol. The highest BCUT2D eigenvalue weighted by Gasteiger charge is 2.31. The molecule has 1 aromatic carbocycles. The van der Waals surface area contributed by atoms with E-state index >= 15 is 0 Å².